The summed E-state index contributed by atoms with van der Waals surface area (Å²) in [5.74, 6) is -4.87. The highest BCUT2D eigenvalue weighted by molar-refractivity contribution is 5.71. The predicted octanol–water partition coefficient (Wildman–Crippen LogP) is 3.01. The van der Waals surface area contributed by atoms with E-state index in [-0.39, 0.29) is 12.0 Å². The van der Waals surface area contributed by atoms with Gasteiger partial charge in [0.15, 0.2) is 11.6 Å². The van der Waals surface area contributed by atoms with Gasteiger partial charge in [-0.15, -0.1) is 0 Å². The van der Waals surface area contributed by atoms with Gasteiger partial charge in [-0.05, 0) is 38.8 Å². The predicted molar refractivity (Wildman–Crippen MR) is 75.4 cm³/mol. The van der Waals surface area contributed by atoms with E-state index in [0.717, 1.165) is 0 Å². The number of hydrogen-bond donors (Lipinski definition) is 2. The Hall–Kier alpha value is -2.25. The Labute approximate surface area is 131 Å². The van der Waals surface area contributed by atoms with Crippen molar-refractivity contribution in [3.8, 4) is 0 Å². The Kier molecular flexibility index (Phi) is 6.00. The Balaban J connectivity index is 2.89. The zero-order chi connectivity index (χ0) is 17.8. The van der Waals surface area contributed by atoms with Gasteiger partial charge in [-0.1, -0.05) is 0 Å². The summed E-state index contributed by atoms with van der Waals surface area (Å²) in [4.78, 5) is 22.5. The molecule has 0 saturated carbocycles. The van der Waals surface area contributed by atoms with Crippen LogP contribution in [0.5, 0.6) is 0 Å². The molecule has 0 bridgehead atoms. The lowest BCUT2D eigenvalue weighted by molar-refractivity contribution is -0.137. The molecule has 0 saturated heterocycles. The lowest BCUT2D eigenvalue weighted by atomic mass is 10.0. The Bertz CT molecular complexity index is 599. The van der Waals surface area contributed by atoms with Gasteiger partial charge in [-0.25, -0.2) is 18.0 Å². The highest BCUT2D eigenvalue weighted by Gasteiger charge is 2.23. The second kappa shape index (κ2) is 7.34. The SMILES string of the molecule is CC(C)(C)OC(=O)NC(CC(=O)O)Cc1cc(F)c(F)cc1F. The third-order valence-electron chi connectivity index (χ3n) is 2.70. The van der Waals surface area contributed by atoms with Crippen LogP contribution in [0, 0.1) is 17.5 Å². The number of carbonyl (C=O) groups is 2. The normalized spacial score (nSPS) is 12.6. The van der Waals surface area contributed by atoms with Crippen molar-refractivity contribution < 1.29 is 32.6 Å². The fourth-order valence-corrected chi connectivity index (χ4v) is 1.84. The molecule has 0 aliphatic carbocycles. The molecule has 0 aromatic heterocycles. The van der Waals surface area contributed by atoms with Crippen molar-refractivity contribution in [1.82, 2.24) is 5.32 Å². The second-order valence-electron chi connectivity index (χ2n) is 6.00. The summed E-state index contributed by atoms with van der Waals surface area (Å²) >= 11 is 0. The summed E-state index contributed by atoms with van der Waals surface area (Å²) in [6.45, 7) is 4.86. The summed E-state index contributed by atoms with van der Waals surface area (Å²) in [5.41, 5.74) is -1.04. The van der Waals surface area contributed by atoms with Crippen molar-refractivity contribution in [2.45, 2.75) is 45.3 Å². The number of amides is 1. The zero-order valence-corrected chi connectivity index (χ0v) is 13.0. The smallest absolute Gasteiger partial charge is 0.407 e. The molecule has 8 heteroatoms. The lowest BCUT2D eigenvalue weighted by Crippen LogP contribution is -2.41. The van der Waals surface area contributed by atoms with Crippen molar-refractivity contribution >= 4 is 12.1 Å². The van der Waals surface area contributed by atoms with Gasteiger partial charge in [0, 0.05) is 12.1 Å². The number of rotatable bonds is 5. The Morgan fingerprint density at radius 1 is 1.17 bits per heavy atom. The Morgan fingerprint density at radius 3 is 2.26 bits per heavy atom. The molecule has 1 amide bonds. The summed E-state index contributed by atoms with van der Waals surface area (Å²) < 4.78 is 44.7. The van der Waals surface area contributed by atoms with Crippen molar-refractivity contribution in [3.63, 3.8) is 0 Å². The van der Waals surface area contributed by atoms with E-state index < -0.39 is 47.6 Å². The van der Waals surface area contributed by atoms with Gasteiger partial charge in [-0.3, -0.25) is 4.79 Å². The Morgan fingerprint density at radius 2 is 1.74 bits per heavy atom. The highest BCUT2D eigenvalue weighted by atomic mass is 19.2. The van der Waals surface area contributed by atoms with E-state index in [1.54, 1.807) is 20.8 Å². The van der Waals surface area contributed by atoms with Crippen LogP contribution in [0.2, 0.25) is 0 Å². The number of carboxylic acids is 1. The van der Waals surface area contributed by atoms with Crippen molar-refractivity contribution in [1.29, 1.82) is 0 Å². The molecule has 0 fully saturated rings. The summed E-state index contributed by atoms with van der Waals surface area (Å²) in [7, 11) is 0. The number of benzene rings is 1. The maximum atomic E-state index is 13.6. The fourth-order valence-electron chi connectivity index (χ4n) is 1.84. The van der Waals surface area contributed by atoms with Crippen LogP contribution in [0.3, 0.4) is 0 Å². The first-order valence-corrected chi connectivity index (χ1v) is 6.82. The van der Waals surface area contributed by atoms with Gasteiger partial charge >= 0.3 is 12.1 Å². The molecule has 0 aliphatic rings. The van der Waals surface area contributed by atoms with E-state index in [1.165, 1.54) is 0 Å². The van der Waals surface area contributed by atoms with Crippen LogP contribution in [-0.2, 0) is 16.0 Å². The first-order chi connectivity index (χ1) is 10.5. The second-order valence-corrected chi connectivity index (χ2v) is 6.00. The van der Waals surface area contributed by atoms with Crippen molar-refractivity contribution in [2.75, 3.05) is 0 Å². The minimum Gasteiger partial charge on any atom is -0.481 e. The van der Waals surface area contributed by atoms with E-state index in [2.05, 4.69) is 5.32 Å². The molecule has 1 atom stereocenters. The van der Waals surface area contributed by atoms with Gasteiger partial charge in [0.05, 0.1) is 6.42 Å². The molecule has 0 radical (unpaired) electrons. The molecule has 1 rings (SSSR count). The molecule has 0 aliphatic heterocycles. The van der Waals surface area contributed by atoms with E-state index in [1.807, 2.05) is 0 Å². The van der Waals surface area contributed by atoms with Crippen LogP contribution >= 0.6 is 0 Å². The van der Waals surface area contributed by atoms with Crippen LogP contribution in [0.4, 0.5) is 18.0 Å². The third-order valence-corrected chi connectivity index (χ3v) is 2.70. The van der Waals surface area contributed by atoms with E-state index in [9.17, 15) is 22.8 Å². The molecule has 1 aromatic rings. The maximum Gasteiger partial charge on any atom is 0.407 e. The molecular weight excluding hydrogens is 315 g/mol. The number of carboxylic acid groups (broad SMARTS) is 1. The molecular formula is C15H18F3NO4. The van der Waals surface area contributed by atoms with E-state index in [4.69, 9.17) is 9.84 Å². The fraction of sp³-hybridized carbons (Fsp3) is 0.467. The number of halogens is 3. The zero-order valence-electron chi connectivity index (χ0n) is 13.0. The minimum atomic E-state index is -1.35. The molecule has 23 heavy (non-hydrogen) atoms. The quantitative estimate of drug-likeness (QED) is 0.812. The average Bonchev–Trinajstić information content (AvgIpc) is 2.32. The summed E-state index contributed by atoms with van der Waals surface area (Å²) in [6.07, 6.45) is -1.74. The first-order valence-electron chi connectivity index (χ1n) is 6.82. The van der Waals surface area contributed by atoms with Crippen LogP contribution in [0.15, 0.2) is 12.1 Å². The number of nitrogens with one attached hydrogen (secondary N) is 1. The standard InChI is InChI=1S/C15H18F3NO4/c1-15(2,3)23-14(22)19-9(6-13(20)21)4-8-5-11(17)12(18)7-10(8)16/h5,7,9H,4,6H2,1-3H3,(H,19,22)(H,20,21). The van der Waals surface area contributed by atoms with Gasteiger partial charge < -0.3 is 15.2 Å². The summed E-state index contributed by atoms with van der Waals surface area (Å²) in [6, 6.07) is -0.0339. The minimum absolute atomic E-state index is 0.244. The number of ether oxygens (including phenoxy) is 1. The molecule has 0 heterocycles. The molecule has 128 valence electrons. The van der Waals surface area contributed by atoms with Crippen LogP contribution in [0.25, 0.3) is 0 Å². The first kappa shape index (κ1) is 18.8. The summed E-state index contributed by atoms with van der Waals surface area (Å²) in [5, 5.41) is 11.1. The molecule has 5 nitrogen and oxygen atoms in total. The largest absolute Gasteiger partial charge is 0.481 e. The maximum absolute atomic E-state index is 13.6. The average molecular weight is 333 g/mol. The van der Waals surface area contributed by atoms with E-state index >= 15 is 0 Å². The number of aliphatic carboxylic acids is 1. The van der Waals surface area contributed by atoms with Crippen molar-refractivity contribution in [3.05, 3.63) is 35.1 Å². The molecule has 2 N–H and O–H groups in total. The van der Waals surface area contributed by atoms with Crippen LogP contribution in [-0.4, -0.2) is 28.8 Å². The van der Waals surface area contributed by atoms with E-state index in [0.29, 0.717) is 12.1 Å². The van der Waals surface area contributed by atoms with Crippen LogP contribution in [0.1, 0.15) is 32.8 Å². The van der Waals surface area contributed by atoms with Gasteiger partial charge in [-0.2, -0.15) is 0 Å². The molecule has 1 aromatic carbocycles. The molecule has 0 spiro atoms. The highest BCUT2D eigenvalue weighted by Crippen LogP contribution is 2.17. The van der Waals surface area contributed by atoms with Gasteiger partial charge in [0.2, 0.25) is 0 Å². The van der Waals surface area contributed by atoms with Gasteiger partial charge in [0.1, 0.15) is 11.4 Å². The van der Waals surface area contributed by atoms with Crippen molar-refractivity contribution in [2.24, 2.45) is 0 Å². The molecule has 1 unspecified atom stereocenters. The number of carbonyl (C=O) groups excluding carboxylic acids is 1. The van der Waals surface area contributed by atoms with Crippen LogP contribution < -0.4 is 5.32 Å². The topological polar surface area (TPSA) is 75.6 Å². The lowest BCUT2D eigenvalue weighted by Gasteiger charge is -2.23. The monoisotopic (exact) mass is 333 g/mol. The number of hydrogen-bond acceptors (Lipinski definition) is 3. The third kappa shape index (κ3) is 6.58. The van der Waals surface area contributed by atoms with Gasteiger partial charge in [0.25, 0.3) is 0 Å². The number of alkyl carbamates (subject to hydrolysis) is 1.